The van der Waals surface area contributed by atoms with E-state index in [9.17, 15) is 0 Å². The lowest BCUT2D eigenvalue weighted by Gasteiger charge is -2.19. The average Bonchev–Trinajstić information content (AvgIpc) is 2.35. The molecule has 0 bridgehead atoms. The number of hydrogen-bond donors (Lipinski definition) is 2. The summed E-state index contributed by atoms with van der Waals surface area (Å²) in [6.45, 7) is 2.28. The average molecular weight is 241 g/mol. The van der Waals surface area contributed by atoms with Gasteiger partial charge in [0, 0.05) is 17.0 Å². The smallest absolute Gasteiger partial charge is 0.118 e. The molecule has 0 spiro atoms. The summed E-state index contributed by atoms with van der Waals surface area (Å²) in [6, 6.07) is 7.79. The summed E-state index contributed by atoms with van der Waals surface area (Å²) < 4.78 is 5.10. The van der Waals surface area contributed by atoms with E-state index in [1.165, 1.54) is 0 Å². The predicted molar refractivity (Wildman–Crippen MR) is 68.9 cm³/mol. The minimum absolute atomic E-state index is 0.0116. The van der Waals surface area contributed by atoms with Gasteiger partial charge in [-0.3, -0.25) is 0 Å². The van der Waals surface area contributed by atoms with Gasteiger partial charge >= 0.3 is 0 Å². The highest BCUT2D eigenvalue weighted by atomic mass is 32.2. The van der Waals surface area contributed by atoms with E-state index in [-0.39, 0.29) is 12.6 Å². The highest BCUT2D eigenvalue weighted by molar-refractivity contribution is 7.99. The molecule has 0 saturated carbocycles. The van der Waals surface area contributed by atoms with Gasteiger partial charge < -0.3 is 15.6 Å². The van der Waals surface area contributed by atoms with Crippen LogP contribution in [-0.4, -0.2) is 29.8 Å². The molecule has 3 nitrogen and oxygen atoms in total. The van der Waals surface area contributed by atoms with Crippen LogP contribution in [0.25, 0.3) is 0 Å². The zero-order chi connectivity index (χ0) is 12.0. The van der Waals surface area contributed by atoms with Gasteiger partial charge in [-0.15, -0.1) is 0 Å². The van der Waals surface area contributed by atoms with Crippen LogP contribution in [0.3, 0.4) is 0 Å². The van der Waals surface area contributed by atoms with Crippen LogP contribution in [0.1, 0.15) is 18.5 Å². The summed E-state index contributed by atoms with van der Waals surface area (Å²) in [5, 5.41) is 9.05. The van der Waals surface area contributed by atoms with Crippen LogP contribution in [0.4, 0.5) is 0 Å². The minimum Gasteiger partial charge on any atom is -0.497 e. The molecule has 1 aromatic rings. The Morgan fingerprint density at radius 3 is 2.50 bits per heavy atom. The number of aliphatic hydroxyl groups excluding tert-OH is 1. The molecule has 0 saturated heterocycles. The van der Waals surface area contributed by atoms with Crippen molar-refractivity contribution in [1.29, 1.82) is 0 Å². The van der Waals surface area contributed by atoms with Gasteiger partial charge in [-0.05, 0) is 17.7 Å². The summed E-state index contributed by atoms with van der Waals surface area (Å²) >= 11 is 1.68. The van der Waals surface area contributed by atoms with Crippen LogP contribution in [0, 0.1) is 0 Å². The van der Waals surface area contributed by atoms with Crippen molar-refractivity contribution in [3.63, 3.8) is 0 Å². The van der Waals surface area contributed by atoms with Crippen LogP contribution >= 0.6 is 11.8 Å². The molecule has 1 aromatic carbocycles. The van der Waals surface area contributed by atoms with Gasteiger partial charge in [0.2, 0.25) is 0 Å². The third-order valence-electron chi connectivity index (χ3n) is 2.48. The van der Waals surface area contributed by atoms with Crippen molar-refractivity contribution in [2.75, 3.05) is 19.5 Å². The molecule has 16 heavy (non-hydrogen) atoms. The molecule has 0 aliphatic carbocycles. The van der Waals surface area contributed by atoms with Crippen molar-refractivity contribution < 1.29 is 9.84 Å². The van der Waals surface area contributed by atoms with E-state index in [0.29, 0.717) is 5.25 Å². The highest BCUT2D eigenvalue weighted by Gasteiger charge is 2.14. The summed E-state index contributed by atoms with van der Waals surface area (Å²) in [5.41, 5.74) is 7.22. The van der Waals surface area contributed by atoms with Gasteiger partial charge in [0.25, 0.3) is 0 Å². The molecule has 4 heteroatoms. The molecule has 3 N–H and O–H groups in total. The van der Waals surface area contributed by atoms with Crippen LogP contribution in [0.5, 0.6) is 5.75 Å². The number of nitrogens with two attached hydrogens (primary N) is 1. The Hall–Kier alpha value is -0.710. The first-order valence-electron chi connectivity index (χ1n) is 5.31. The number of thioether (sulfide) groups is 1. The van der Waals surface area contributed by atoms with Gasteiger partial charge in [0.1, 0.15) is 5.75 Å². The SMILES string of the molecule is COc1ccc(C(N)C(C)SCCO)cc1. The molecule has 2 atom stereocenters. The van der Waals surface area contributed by atoms with Gasteiger partial charge in [-0.1, -0.05) is 19.1 Å². The lowest BCUT2D eigenvalue weighted by Crippen LogP contribution is -2.21. The zero-order valence-electron chi connectivity index (χ0n) is 9.72. The first kappa shape index (κ1) is 13.4. The fraction of sp³-hybridized carbons (Fsp3) is 0.500. The van der Waals surface area contributed by atoms with Crippen molar-refractivity contribution in [1.82, 2.24) is 0 Å². The maximum atomic E-state index is 8.76. The zero-order valence-corrected chi connectivity index (χ0v) is 10.5. The van der Waals surface area contributed by atoms with Crippen molar-refractivity contribution in [2.45, 2.75) is 18.2 Å². The fourth-order valence-electron chi connectivity index (χ4n) is 1.44. The number of benzene rings is 1. The molecule has 0 heterocycles. The molecule has 2 unspecified atom stereocenters. The Balaban J connectivity index is 2.60. The number of hydrogen-bond acceptors (Lipinski definition) is 4. The predicted octanol–water partition coefficient (Wildman–Crippen LogP) is 1.81. The molecular weight excluding hydrogens is 222 g/mol. The summed E-state index contributed by atoms with van der Waals surface area (Å²) in [4.78, 5) is 0. The Kier molecular flexibility index (Phi) is 5.66. The number of ether oxygens (including phenoxy) is 1. The fourth-order valence-corrected chi connectivity index (χ4v) is 2.28. The van der Waals surface area contributed by atoms with Crippen molar-refractivity contribution >= 4 is 11.8 Å². The maximum Gasteiger partial charge on any atom is 0.118 e. The molecular formula is C12H19NO2S. The van der Waals surface area contributed by atoms with Crippen LogP contribution in [0.15, 0.2) is 24.3 Å². The van der Waals surface area contributed by atoms with E-state index in [1.807, 2.05) is 24.3 Å². The lowest BCUT2D eigenvalue weighted by molar-refractivity contribution is 0.322. The Morgan fingerprint density at radius 1 is 1.38 bits per heavy atom. The first-order valence-corrected chi connectivity index (χ1v) is 6.36. The molecule has 0 fully saturated rings. The number of aliphatic hydroxyl groups is 1. The Labute approximate surface area is 101 Å². The number of rotatable bonds is 6. The van der Waals surface area contributed by atoms with Gasteiger partial charge in [-0.2, -0.15) is 11.8 Å². The van der Waals surface area contributed by atoms with E-state index in [4.69, 9.17) is 15.6 Å². The monoisotopic (exact) mass is 241 g/mol. The van der Waals surface area contributed by atoms with Crippen molar-refractivity contribution in [2.24, 2.45) is 5.73 Å². The molecule has 0 aliphatic heterocycles. The van der Waals surface area contributed by atoms with E-state index >= 15 is 0 Å². The third kappa shape index (κ3) is 3.70. The summed E-state index contributed by atoms with van der Waals surface area (Å²) in [5.74, 6) is 1.57. The molecule has 0 radical (unpaired) electrons. The first-order chi connectivity index (χ1) is 7.69. The Bertz CT molecular complexity index is 302. The van der Waals surface area contributed by atoms with Crippen molar-refractivity contribution in [3.8, 4) is 5.75 Å². The van der Waals surface area contributed by atoms with Crippen LogP contribution in [-0.2, 0) is 0 Å². The second kappa shape index (κ2) is 6.78. The molecule has 0 aromatic heterocycles. The molecule has 0 amide bonds. The van der Waals surface area contributed by atoms with Gasteiger partial charge in [-0.25, -0.2) is 0 Å². The van der Waals surface area contributed by atoms with E-state index in [1.54, 1.807) is 18.9 Å². The maximum absolute atomic E-state index is 8.76. The largest absolute Gasteiger partial charge is 0.497 e. The molecule has 0 aliphatic rings. The van der Waals surface area contributed by atoms with E-state index in [2.05, 4.69) is 6.92 Å². The standard InChI is InChI=1S/C12H19NO2S/c1-9(16-8-7-14)12(13)10-3-5-11(15-2)6-4-10/h3-6,9,12,14H,7-8,13H2,1-2H3. The quantitative estimate of drug-likeness (QED) is 0.797. The van der Waals surface area contributed by atoms with E-state index in [0.717, 1.165) is 17.1 Å². The van der Waals surface area contributed by atoms with Gasteiger partial charge in [0.05, 0.1) is 13.7 Å². The topological polar surface area (TPSA) is 55.5 Å². The minimum atomic E-state index is -0.0116. The highest BCUT2D eigenvalue weighted by Crippen LogP contribution is 2.25. The Morgan fingerprint density at radius 2 is 2.00 bits per heavy atom. The summed E-state index contributed by atoms with van der Waals surface area (Å²) in [7, 11) is 1.65. The van der Waals surface area contributed by atoms with Gasteiger partial charge in [0.15, 0.2) is 0 Å². The molecule has 1 rings (SSSR count). The van der Waals surface area contributed by atoms with E-state index < -0.39 is 0 Å². The van der Waals surface area contributed by atoms with Crippen LogP contribution < -0.4 is 10.5 Å². The normalized spacial score (nSPS) is 14.5. The van der Waals surface area contributed by atoms with Crippen molar-refractivity contribution in [3.05, 3.63) is 29.8 Å². The lowest BCUT2D eigenvalue weighted by atomic mass is 10.1. The molecule has 90 valence electrons. The second-order valence-corrected chi connectivity index (χ2v) is 5.08. The second-order valence-electron chi connectivity index (χ2n) is 3.60. The van der Waals surface area contributed by atoms with Crippen LogP contribution in [0.2, 0.25) is 0 Å². The third-order valence-corrected chi connectivity index (χ3v) is 3.72. The summed E-state index contributed by atoms with van der Waals surface area (Å²) in [6.07, 6.45) is 0. The number of methoxy groups -OCH3 is 1.